The smallest absolute Gasteiger partial charge is 0.0107 e. The molecule has 1 N–H and O–H groups in total. The molecule has 0 amide bonds. The predicted molar refractivity (Wildman–Crippen MR) is 85.8 cm³/mol. The summed E-state index contributed by atoms with van der Waals surface area (Å²) in [6, 6.07) is 9.81. The van der Waals surface area contributed by atoms with Gasteiger partial charge in [0.25, 0.3) is 0 Å². The molecular formula is C18H31N. The van der Waals surface area contributed by atoms with Gasteiger partial charge in [0.15, 0.2) is 0 Å². The topological polar surface area (TPSA) is 12.0 Å². The van der Waals surface area contributed by atoms with Crippen molar-refractivity contribution in [2.45, 2.75) is 71.8 Å². The van der Waals surface area contributed by atoms with Crippen molar-refractivity contribution in [2.75, 3.05) is 6.54 Å². The molecular weight excluding hydrogens is 230 g/mol. The number of nitrogens with one attached hydrogen (secondary N) is 1. The third kappa shape index (κ3) is 5.78. The summed E-state index contributed by atoms with van der Waals surface area (Å²) in [6.45, 7) is 12.4. The number of benzene rings is 1. The van der Waals surface area contributed by atoms with E-state index in [9.17, 15) is 0 Å². The molecule has 0 aliphatic rings. The van der Waals surface area contributed by atoms with Gasteiger partial charge in [0.1, 0.15) is 0 Å². The van der Waals surface area contributed by atoms with E-state index in [4.69, 9.17) is 0 Å². The number of hydrogen-bond acceptors (Lipinski definition) is 1. The lowest BCUT2D eigenvalue weighted by molar-refractivity contribution is 0.472. The molecule has 0 saturated heterocycles. The SMILES string of the molecule is CCCNC(CCC)Cc1ccc(C(C)(C)C)cc1. The van der Waals surface area contributed by atoms with Gasteiger partial charge in [-0.2, -0.15) is 0 Å². The summed E-state index contributed by atoms with van der Waals surface area (Å²) in [5, 5.41) is 3.66. The van der Waals surface area contributed by atoms with Crippen molar-refractivity contribution >= 4 is 0 Å². The third-order valence-electron chi connectivity index (χ3n) is 3.62. The molecule has 1 aromatic carbocycles. The van der Waals surface area contributed by atoms with E-state index in [1.54, 1.807) is 0 Å². The average Bonchev–Trinajstić information content (AvgIpc) is 2.36. The largest absolute Gasteiger partial charge is 0.314 e. The predicted octanol–water partition coefficient (Wildman–Crippen LogP) is 4.69. The fourth-order valence-electron chi connectivity index (χ4n) is 2.40. The van der Waals surface area contributed by atoms with Gasteiger partial charge in [-0.1, -0.05) is 65.3 Å². The Kier molecular flexibility index (Phi) is 6.57. The monoisotopic (exact) mass is 261 g/mol. The summed E-state index contributed by atoms with van der Waals surface area (Å²) in [7, 11) is 0. The zero-order chi connectivity index (χ0) is 14.3. The van der Waals surface area contributed by atoms with Gasteiger partial charge in [0, 0.05) is 6.04 Å². The number of hydrogen-bond donors (Lipinski definition) is 1. The van der Waals surface area contributed by atoms with Crippen molar-refractivity contribution in [2.24, 2.45) is 0 Å². The van der Waals surface area contributed by atoms with Crippen LogP contribution in [-0.2, 0) is 11.8 Å². The molecule has 0 bridgehead atoms. The molecule has 19 heavy (non-hydrogen) atoms. The maximum Gasteiger partial charge on any atom is 0.0107 e. The van der Waals surface area contributed by atoms with Gasteiger partial charge in [-0.3, -0.25) is 0 Å². The van der Waals surface area contributed by atoms with E-state index in [1.807, 2.05) is 0 Å². The van der Waals surface area contributed by atoms with E-state index in [0.29, 0.717) is 6.04 Å². The van der Waals surface area contributed by atoms with E-state index in [2.05, 4.69) is 64.2 Å². The highest BCUT2D eigenvalue weighted by Crippen LogP contribution is 2.22. The normalized spacial score (nSPS) is 13.5. The lowest BCUT2D eigenvalue weighted by atomic mass is 9.86. The highest BCUT2D eigenvalue weighted by Gasteiger charge is 2.13. The van der Waals surface area contributed by atoms with Crippen LogP contribution in [0.5, 0.6) is 0 Å². The maximum atomic E-state index is 3.66. The standard InChI is InChI=1S/C18H31N/c1-6-8-17(19-13-7-2)14-15-9-11-16(12-10-15)18(3,4)5/h9-12,17,19H,6-8,13-14H2,1-5H3. The molecule has 1 atom stereocenters. The van der Waals surface area contributed by atoms with Crippen LogP contribution in [-0.4, -0.2) is 12.6 Å². The minimum atomic E-state index is 0.252. The maximum absolute atomic E-state index is 3.66. The Morgan fingerprint density at radius 2 is 1.63 bits per heavy atom. The van der Waals surface area contributed by atoms with E-state index in [0.717, 1.165) is 13.0 Å². The fourth-order valence-corrected chi connectivity index (χ4v) is 2.40. The zero-order valence-corrected chi connectivity index (χ0v) is 13.4. The third-order valence-corrected chi connectivity index (χ3v) is 3.62. The quantitative estimate of drug-likeness (QED) is 0.750. The summed E-state index contributed by atoms with van der Waals surface area (Å²) in [5.41, 5.74) is 3.13. The van der Waals surface area contributed by atoms with Gasteiger partial charge < -0.3 is 5.32 Å². The van der Waals surface area contributed by atoms with E-state index in [-0.39, 0.29) is 5.41 Å². The number of rotatable bonds is 7. The van der Waals surface area contributed by atoms with Gasteiger partial charge in [-0.05, 0) is 42.3 Å². The summed E-state index contributed by atoms with van der Waals surface area (Å²) >= 11 is 0. The second-order valence-corrected chi connectivity index (χ2v) is 6.59. The van der Waals surface area contributed by atoms with Crippen molar-refractivity contribution in [3.05, 3.63) is 35.4 Å². The molecule has 0 radical (unpaired) electrons. The van der Waals surface area contributed by atoms with Gasteiger partial charge in [-0.15, -0.1) is 0 Å². The first-order valence-electron chi connectivity index (χ1n) is 7.80. The van der Waals surface area contributed by atoms with Gasteiger partial charge >= 0.3 is 0 Å². The minimum absolute atomic E-state index is 0.252. The Morgan fingerprint density at radius 3 is 2.11 bits per heavy atom. The average molecular weight is 261 g/mol. The molecule has 1 unspecified atom stereocenters. The van der Waals surface area contributed by atoms with Crippen LogP contribution in [0.1, 0.15) is 65.0 Å². The minimum Gasteiger partial charge on any atom is -0.314 e. The summed E-state index contributed by atoms with van der Waals surface area (Å²) < 4.78 is 0. The highest BCUT2D eigenvalue weighted by molar-refractivity contribution is 5.28. The van der Waals surface area contributed by atoms with E-state index < -0.39 is 0 Å². The molecule has 1 nitrogen and oxygen atoms in total. The van der Waals surface area contributed by atoms with Crippen molar-refractivity contribution in [3.8, 4) is 0 Å². The molecule has 0 fully saturated rings. The fraction of sp³-hybridized carbons (Fsp3) is 0.667. The van der Waals surface area contributed by atoms with Crippen LogP contribution in [0.3, 0.4) is 0 Å². The van der Waals surface area contributed by atoms with Gasteiger partial charge in [-0.25, -0.2) is 0 Å². The lowest BCUT2D eigenvalue weighted by Gasteiger charge is -2.21. The van der Waals surface area contributed by atoms with E-state index >= 15 is 0 Å². The molecule has 1 heteroatoms. The molecule has 0 spiro atoms. The highest BCUT2D eigenvalue weighted by atomic mass is 14.9. The molecule has 0 saturated carbocycles. The van der Waals surface area contributed by atoms with Crippen molar-refractivity contribution in [3.63, 3.8) is 0 Å². The second-order valence-electron chi connectivity index (χ2n) is 6.59. The first-order valence-corrected chi connectivity index (χ1v) is 7.80. The summed E-state index contributed by atoms with van der Waals surface area (Å²) in [5.74, 6) is 0. The Morgan fingerprint density at radius 1 is 1.00 bits per heavy atom. The second kappa shape index (κ2) is 7.69. The molecule has 108 valence electrons. The van der Waals surface area contributed by atoms with Crippen LogP contribution in [0.15, 0.2) is 24.3 Å². The Bertz CT molecular complexity index is 345. The van der Waals surface area contributed by atoms with E-state index in [1.165, 1.54) is 30.4 Å². The van der Waals surface area contributed by atoms with Crippen LogP contribution >= 0.6 is 0 Å². The van der Waals surface area contributed by atoms with Crippen LogP contribution in [0.25, 0.3) is 0 Å². The van der Waals surface area contributed by atoms with Gasteiger partial charge in [0.05, 0.1) is 0 Å². The molecule has 1 aromatic rings. The van der Waals surface area contributed by atoms with Crippen molar-refractivity contribution in [1.82, 2.24) is 5.32 Å². The van der Waals surface area contributed by atoms with Crippen molar-refractivity contribution < 1.29 is 0 Å². The van der Waals surface area contributed by atoms with Crippen LogP contribution in [0.2, 0.25) is 0 Å². The van der Waals surface area contributed by atoms with Crippen LogP contribution in [0.4, 0.5) is 0 Å². The first kappa shape index (κ1) is 16.2. The Balaban J connectivity index is 2.64. The van der Waals surface area contributed by atoms with Gasteiger partial charge in [0.2, 0.25) is 0 Å². The Labute approximate surface area is 119 Å². The summed E-state index contributed by atoms with van der Waals surface area (Å²) in [4.78, 5) is 0. The Hall–Kier alpha value is -0.820. The molecule has 1 rings (SSSR count). The molecule has 0 heterocycles. The van der Waals surface area contributed by atoms with Crippen LogP contribution in [0, 0.1) is 0 Å². The first-order chi connectivity index (χ1) is 8.97. The summed E-state index contributed by atoms with van der Waals surface area (Å²) in [6.07, 6.45) is 4.88. The zero-order valence-electron chi connectivity index (χ0n) is 13.4. The molecule has 0 aliphatic carbocycles. The lowest BCUT2D eigenvalue weighted by Crippen LogP contribution is -2.31. The molecule has 0 aliphatic heterocycles. The van der Waals surface area contributed by atoms with Crippen LogP contribution < -0.4 is 5.32 Å². The molecule has 0 aromatic heterocycles. The van der Waals surface area contributed by atoms with Crippen molar-refractivity contribution in [1.29, 1.82) is 0 Å².